The fraction of sp³-hybridized carbons (Fsp3) is 0. The first-order chi connectivity index (χ1) is 5.77. The van der Waals surface area contributed by atoms with E-state index in [1.54, 1.807) is 12.3 Å². The van der Waals surface area contributed by atoms with E-state index in [4.69, 9.17) is 0 Å². The molecule has 2 rings (SSSR count). The maximum absolute atomic E-state index is 10.5. The van der Waals surface area contributed by atoms with Crippen molar-refractivity contribution >= 4 is 21.3 Å². The highest BCUT2D eigenvalue weighted by molar-refractivity contribution is 7.63. The number of hydrogen-bond donors (Lipinski definition) is 2. The first-order valence-corrected chi connectivity index (χ1v) is 4.29. The Labute approximate surface area is 68.6 Å². The van der Waals surface area contributed by atoms with Gasteiger partial charge in [0.2, 0.25) is 0 Å². The van der Waals surface area contributed by atoms with Crippen LogP contribution in [0.15, 0.2) is 18.5 Å². The minimum atomic E-state index is -2.31. The van der Waals surface area contributed by atoms with E-state index in [9.17, 15) is 8.42 Å². The first-order valence-electron chi connectivity index (χ1n) is 3.22. The second-order valence-electron chi connectivity index (χ2n) is 2.23. The van der Waals surface area contributed by atoms with Crippen LogP contribution in [0.5, 0.6) is 0 Å². The number of fused-ring (bicyclic) bond motifs is 1. The lowest BCUT2D eigenvalue weighted by molar-refractivity contribution is 0.623. The van der Waals surface area contributed by atoms with Gasteiger partial charge in [0.15, 0.2) is 0 Å². The molecule has 0 amide bonds. The zero-order chi connectivity index (χ0) is 8.55. The van der Waals surface area contributed by atoms with E-state index in [0.717, 1.165) is 5.39 Å². The van der Waals surface area contributed by atoms with Crippen LogP contribution in [0.1, 0.15) is 0 Å². The summed E-state index contributed by atoms with van der Waals surface area (Å²) in [5.74, 6) is 0. The molecule has 0 fully saturated rings. The van der Waals surface area contributed by atoms with Gasteiger partial charge < -0.3 is 9.97 Å². The molecule has 0 aromatic carbocycles. The Morgan fingerprint density at radius 2 is 2.25 bits per heavy atom. The fourth-order valence-electron chi connectivity index (χ4n) is 0.949. The van der Waals surface area contributed by atoms with Gasteiger partial charge >= 0.3 is 0 Å². The van der Waals surface area contributed by atoms with E-state index >= 15 is 0 Å². The van der Waals surface area contributed by atoms with Crippen molar-refractivity contribution in [1.29, 1.82) is 0 Å². The molecule has 0 saturated heterocycles. The Morgan fingerprint density at radius 1 is 1.42 bits per heavy atom. The summed E-state index contributed by atoms with van der Waals surface area (Å²) in [5, 5.41) is 0.851. The van der Waals surface area contributed by atoms with Crippen LogP contribution in [0.4, 0.5) is 0 Å². The smallest absolute Gasteiger partial charge is 0.258 e. The molecule has 2 aromatic heterocycles. The fourth-order valence-corrected chi connectivity index (χ4v) is 1.27. The summed E-state index contributed by atoms with van der Waals surface area (Å²) in [4.78, 5) is 9.16. The van der Waals surface area contributed by atoms with E-state index in [0.29, 0.717) is 5.65 Å². The highest BCUT2D eigenvalue weighted by Gasteiger charge is 1.92. The molecule has 0 atom stereocenters. The van der Waals surface area contributed by atoms with Crippen LogP contribution in [0.3, 0.4) is 0 Å². The van der Waals surface area contributed by atoms with Gasteiger partial charge in [0.05, 0.1) is 0 Å². The van der Waals surface area contributed by atoms with Crippen molar-refractivity contribution in [2.24, 2.45) is 0 Å². The van der Waals surface area contributed by atoms with Crippen LogP contribution >= 0.6 is 0 Å². The summed E-state index contributed by atoms with van der Waals surface area (Å²) >= 11 is 0. The van der Waals surface area contributed by atoms with Crippen LogP contribution in [-0.2, 0) is 10.3 Å². The van der Waals surface area contributed by atoms with Crippen LogP contribution in [0.25, 0.3) is 11.0 Å². The quantitative estimate of drug-likeness (QED) is 0.576. The van der Waals surface area contributed by atoms with Gasteiger partial charge in [0, 0.05) is 17.8 Å². The largest absolute Gasteiger partial charge is 0.348 e. The Balaban J connectivity index is 3.05. The van der Waals surface area contributed by atoms with Crippen LogP contribution in [0.2, 0.25) is 0 Å². The molecule has 2 heterocycles. The molecule has 6 heteroatoms. The van der Waals surface area contributed by atoms with E-state index in [1.807, 2.05) is 0 Å². The maximum Gasteiger partial charge on any atom is 0.258 e. The maximum atomic E-state index is 10.5. The standard InChI is InChI=1S/C6H5N3O2S/c10-12(11)6-8-3-4-1-2-7-5(4)9-6/h1-3,7,9H. The SMILES string of the molecule is O=S(=O)=c1ncc2cc[nH]c2[nH]1. The number of nitrogens with one attached hydrogen (secondary N) is 2. The number of nitrogens with zero attached hydrogens (tertiary/aromatic N) is 1. The Kier molecular flexibility index (Phi) is 1.47. The zero-order valence-electron chi connectivity index (χ0n) is 5.90. The van der Waals surface area contributed by atoms with E-state index in [2.05, 4.69) is 15.0 Å². The van der Waals surface area contributed by atoms with Crippen LogP contribution in [-0.4, -0.2) is 23.4 Å². The topological polar surface area (TPSA) is 78.6 Å². The van der Waals surface area contributed by atoms with E-state index < -0.39 is 10.3 Å². The molecule has 5 nitrogen and oxygen atoms in total. The van der Waals surface area contributed by atoms with Crippen molar-refractivity contribution in [3.8, 4) is 0 Å². The van der Waals surface area contributed by atoms with Crippen LogP contribution < -0.4 is 0 Å². The summed E-state index contributed by atoms with van der Waals surface area (Å²) in [6.07, 6.45) is 3.20. The lowest BCUT2D eigenvalue weighted by atomic mass is 10.4. The van der Waals surface area contributed by atoms with E-state index in [-0.39, 0.29) is 4.77 Å². The molecule has 0 saturated carbocycles. The summed E-state index contributed by atoms with van der Waals surface area (Å²) in [6, 6.07) is 1.80. The van der Waals surface area contributed by atoms with Crippen molar-refractivity contribution in [1.82, 2.24) is 15.0 Å². The third kappa shape index (κ3) is 1.02. The third-order valence-electron chi connectivity index (χ3n) is 1.49. The van der Waals surface area contributed by atoms with Crippen molar-refractivity contribution in [2.45, 2.75) is 0 Å². The molecule has 0 bridgehead atoms. The third-order valence-corrected chi connectivity index (χ3v) is 2.01. The highest BCUT2D eigenvalue weighted by Crippen LogP contribution is 2.04. The molecule has 12 heavy (non-hydrogen) atoms. The monoisotopic (exact) mass is 183 g/mol. The Bertz CT molecular complexity index is 570. The van der Waals surface area contributed by atoms with Crippen molar-refractivity contribution < 1.29 is 8.42 Å². The molecule has 0 aliphatic carbocycles. The summed E-state index contributed by atoms with van der Waals surface area (Å²) in [7, 11) is -2.31. The minimum Gasteiger partial charge on any atom is -0.348 e. The number of H-pyrrole nitrogens is 2. The van der Waals surface area contributed by atoms with Gasteiger partial charge in [-0.15, -0.1) is 0 Å². The summed E-state index contributed by atoms with van der Waals surface area (Å²) < 4.78 is 20.9. The molecule has 0 spiro atoms. The number of aromatic amines is 2. The molecule has 0 radical (unpaired) electrons. The van der Waals surface area contributed by atoms with Gasteiger partial charge in [-0.2, -0.15) is 8.42 Å². The van der Waals surface area contributed by atoms with E-state index in [1.165, 1.54) is 6.20 Å². The van der Waals surface area contributed by atoms with Crippen molar-refractivity contribution in [3.05, 3.63) is 23.2 Å². The van der Waals surface area contributed by atoms with Gasteiger partial charge in [-0.3, -0.25) is 0 Å². The van der Waals surface area contributed by atoms with Gasteiger partial charge in [0.1, 0.15) is 5.65 Å². The Hall–Kier alpha value is -1.56. The second-order valence-corrected chi connectivity index (χ2v) is 3.09. The molecule has 2 aromatic rings. The molecule has 62 valence electrons. The lowest BCUT2D eigenvalue weighted by Crippen LogP contribution is -1.84. The molecule has 0 aliphatic heterocycles. The predicted molar refractivity (Wildman–Crippen MR) is 42.6 cm³/mol. The highest BCUT2D eigenvalue weighted by atomic mass is 32.2. The number of aromatic nitrogens is 3. The first kappa shape index (κ1) is 7.11. The zero-order valence-corrected chi connectivity index (χ0v) is 6.72. The van der Waals surface area contributed by atoms with Crippen molar-refractivity contribution in [3.63, 3.8) is 0 Å². The summed E-state index contributed by atoms with van der Waals surface area (Å²) in [5.41, 5.74) is 0.657. The normalized spacial score (nSPS) is 10.3. The van der Waals surface area contributed by atoms with Gasteiger partial charge in [-0.1, -0.05) is 0 Å². The lowest BCUT2D eigenvalue weighted by Gasteiger charge is -1.85. The number of hydrogen-bond acceptors (Lipinski definition) is 3. The van der Waals surface area contributed by atoms with Gasteiger partial charge in [-0.25, -0.2) is 4.98 Å². The van der Waals surface area contributed by atoms with Gasteiger partial charge in [0.25, 0.3) is 15.1 Å². The van der Waals surface area contributed by atoms with Crippen molar-refractivity contribution in [2.75, 3.05) is 0 Å². The average molecular weight is 183 g/mol. The molecule has 0 aliphatic rings. The minimum absolute atomic E-state index is 0.0649. The molecular weight excluding hydrogens is 178 g/mol. The Morgan fingerprint density at radius 3 is 3.00 bits per heavy atom. The molecule has 2 N–H and O–H groups in total. The summed E-state index contributed by atoms with van der Waals surface area (Å²) in [6.45, 7) is 0. The molecule has 0 unspecified atom stereocenters. The predicted octanol–water partition coefficient (Wildman–Crippen LogP) is 0.302. The van der Waals surface area contributed by atoms with Gasteiger partial charge in [-0.05, 0) is 6.07 Å². The average Bonchev–Trinajstić information content (AvgIpc) is 2.49. The number of rotatable bonds is 0. The molecular formula is C6H5N3O2S. The second kappa shape index (κ2) is 2.49. The van der Waals surface area contributed by atoms with Crippen LogP contribution in [0, 0.1) is 4.77 Å².